The van der Waals surface area contributed by atoms with Gasteiger partial charge in [-0.25, -0.2) is 8.42 Å². The number of hydrogen-bond acceptors (Lipinski definition) is 4. The van der Waals surface area contributed by atoms with Gasteiger partial charge in [-0.15, -0.1) is 0 Å². The van der Waals surface area contributed by atoms with E-state index in [0.717, 1.165) is 10.8 Å². The van der Waals surface area contributed by atoms with Crippen LogP contribution in [-0.2, 0) is 19.4 Å². The number of carbonyl (C=O) groups excluding carboxylic acids is 1. The van der Waals surface area contributed by atoms with Crippen LogP contribution < -0.4 is 0 Å². The minimum atomic E-state index is -3.55. The summed E-state index contributed by atoms with van der Waals surface area (Å²) in [7, 11) is -3.55. The van der Waals surface area contributed by atoms with E-state index in [-0.39, 0.29) is 16.4 Å². The lowest BCUT2D eigenvalue weighted by Crippen LogP contribution is -2.09. The van der Waals surface area contributed by atoms with Crippen molar-refractivity contribution in [3.63, 3.8) is 0 Å². The van der Waals surface area contributed by atoms with Crippen LogP contribution in [0.4, 0.5) is 0 Å². The highest BCUT2D eigenvalue weighted by Gasteiger charge is 2.31. The molecule has 0 fully saturated rings. The summed E-state index contributed by atoms with van der Waals surface area (Å²) in [5.41, 5.74) is 0.672. The molecular weight excluding hydrogens is 276 g/mol. The number of hydrogen-bond donors (Lipinski definition) is 0. The Hall–Kier alpha value is -2.14. The molecule has 5 heteroatoms. The molecule has 0 saturated carbocycles. The van der Waals surface area contributed by atoms with E-state index in [1.165, 1.54) is 6.92 Å². The third-order valence-corrected chi connectivity index (χ3v) is 5.15. The van der Waals surface area contributed by atoms with Gasteiger partial charge in [0.25, 0.3) is 0 Å². The predicted octanol–water partition coefficient (Wildman–Crippen LogP) is 2.53. The van der Waals surface area contributed by atoms with Crippen molar-refractivity contribution >= 4 is 32.7 Å². The van der Waals surface area contributed by atoms with Gasteiger partial charge >= 0.3 is 5.97 Å². The fraction of sp³-hybridized carbons (Fsp3) is 0.133. The number of rotatable bonds is 2. The van der Waals surface area contributed by atoms with Crippen molar-refractivity contribution in [3.05, 3.63) is 46.9 Å². The van der Waals surface area contributed by atoms with Gasteiger partial charge in [0.2, 0.25) is 9.84 Å². The third kappa shape index (κ3) is 1.91. The molecule has 0 atom stereocenters. The Bertz CT molecular complexity index is 847. The lowest BCUT2D eigenvalue weighted by molar-refractivity contribution is -0.139. The molecule has 0 radical (unpaired) electrons. The van der Waals surface area contributed by atoms with Gasteiger partial charge in [-0.1, -0.05) is 30.3 Å². The monoisotopic (exact) mass is 288 g/mol. The maximum atomic E-state index is 12.4. The van der Waals surface area contributed by atoms with Crippen molar-refractivity contribution in [1.29, 1.82) is 0 Å². The van der Waals surface area contributed by atoms with Crippen LogP contribution in [0.3, 0.4) is 0 Å². The van der Waals surface area contributed by atoms with Crippen molar-refractivity contribution in [2.24, 2.45) is 0 Å². The molecule has 0 aliphatic carbocycles. The average Bonchev–Trinajstić information content (AvgIpc) is 2.68. The van der Waals surface area contributed by atoms with Crippen LogP contribution in [0, 0.1) is 0 Å². The van der Waals surface area contributed by atoms with Crippen molar-refractivity contribution in [2.75, 3.05) is 6.61 Å². The molecular formula is C15H12O4S. The maximum Gasteiger partial charge on any atom is 0.302 e. The molecule has 0 spiro atoms. The van der Waals surface area contributed by atoms with Gasteiger partial charge in [-0.05, 0) is 22.9 Å². The topological polar surface area (TPSA) is 60.4 Å². The predicted molar refractivity (Wildman–Crippen MR) is 75.7 cm³/mol. The summed E-state index contributed by atoms with van der Waals surface area (Å²) < 4.78 is 29.6. The molecule has 1 aliphatic rings. The fourth-order valence-corrected chi connectivity index (χ4v) is 3.81. The van der Waals surface area contributed by atoms with E-state index in [1.54, 1.807) is 18.2 Å². The second-order valence-corrected chi connectivity index (χ2v) is 6.56. The van der Waals surface area contributed by atoms with E-state index in [9.17, 15) is 13.2 Å². The molecule has 102 valence electrons. The van der Waals surface area contributed by atoms with Crippen LogP contribution in [-0.4, -0.2) is 21.0 Å². The molecule has 2 aromatic carbocycles. The molecule has 1 heterocycles. The lowest BCUT2D eigenvalue weighted by atomic mass is 10.0. The van der Waals surface area contributed by atoms with E-state index >= 15 is 0 Å². The standard InChI is InChI=1S/C15H12O4S/c1-10(16)19-9-12-8-14-13-5-3-2-4-11(13)6-7-15(14)20(12,17)18/h2-8H,9H2,1H3. The summed E-state index contributed by atoms with van der Waals surface area (Å²) in [6, 6.07) is 11.0. The fourth-order valence-electron chi connectivity index (χ4n) is 2.33. The van der Waals surface area contributed by atoms with Gasteiger partial charge in [0.15, 0.2) is 0 Å². The summed E-state index contributed by atoms with van der Waals surface area (Å²) in [5, 5.41) is 1.86. The first kappa shape index (κ1) is 12.9. The zero-order chi connectivity index (χ0) is 14.3. The first-order valence-corrected chi connectivity index (χ1v) is 7.59. The van der Waals surface area contributed by atoms with E-state index in [0.29, 0.717) is 5.56 Å². The number of carbonyl (C=O) groups is 1. The van der Waals surface area contributed by atoms with Crippen molar-refractivity contribution in [1.82, 2.24) is 0 Å². The molecule has 0 bridgehead atoms. The summed E-state index contributed by atoms with van der Waals surface area (Å²) in [4.78, 5) is 11.3. The van der Waals surface area contributed by atoms with Gasteiger partial charge in [0.05, 0.1) is 9.80 Å². The Morgan fingerprint density at radius 1 is 1.15 bits per heavy atom. The Kier molecular flexibility index (Phi) is 2.87. The van der Waals surface area contributed by atoms with Gasteiger partial charge in [-0.3, -0.25) is 4.79 Å². The Morgan fingerprint density at radius 3 is 2.65 bits per heavy atom. The van der Waals surface area contributed by atoms with E-state index < -0.39 is 15.8 Å². The largest absolute Gasteiger partial charge is 0.460 e. The Balaban J connectivity index is 2.17. The van der Waals surface area contributed by atoms with Crippen molar-refractivity contribution in [3.8, 4) is 0 Å². The quantitative estimate of drug-likeness (QED) is 0.797. The molecule has 0 unspecified atom stereocenters. The number of fused-ring (bicyclic) bond motifs is 3. The smallest absolute Gasteiger partial charge is 0.302 e. The molecule has 2 aromatic rings. The summed E-state index contributed by atoms with van der Waals surface area (Å²) in [5.74, 6) is -0.498. The number of ether oxygens (including phenoxy) is 1. The molecule has 20 heavy (non-hydrogen) atoms. The summed E-state index contributed by atoms with van der Waals surface area (Å²) >= 11 is 0. The molecule has 1 aliphatic heterocycles. The Morgan fingerprint density at radius 2 is 1.90 bits per heavy atom. The minimum Gasteiger partial charge on any atom is -0.460 e. The lowest BCUT2D eigenvalue weighted by Gasteiger charge is -2.05. The average molecular weight is 288 g/mol. The highest BCUT2D eigenvalue weighted by atomic mass is 32.2. The van der Waals surface area contributed by atoms with Crippen molar-refractivity contribution < 1.29 is 17.9 Å². The van der Waals surface area contributed by atoms with Crippen LogP contribution in [0.15, 0.2) is 46.2 Å². The van der Waals surface area contributed by atoms with E-state index in [4.69, 9.17) is 4.74 Å². The van der Waals surface area contributed by atoms with Crippen LogP contribution >= 0.6 is 0 Å². The minimum absolute atomic E-state index is 0.124. The molecule has 0 saturated heterocycles. The SMILES string of the molecule is CC(=O)OCC1=Cc2c(ccc3ccccc23)S1(=O)=O. The van der Waals surface area contributed by atoms with Crippen molar-refractivity contribution in [2.45, 2.75) is 11.8 Å². The Labute approximate surface area is 116 Å². The van der Waals surface area contributed by atoms with Gasteiger partial charge in [0.1, 0.15) is 6.61 Å². The first-order chi connectivity index (χ1) is 9.50. The number of benzene rings is 2. The zero-order valence-corrected chi connectivity index (χ0v) is 11.6. The maximum absolute atomic E-state index is 12.4. The highest BCUT2D eigenvalue weighted by Crippen LogP contribution is 2.37. The first-order valence-electron chi connectivity index (χ1n) is 6.11. The summed E-state index contributed by atoms with van der Waals surface area (Å²) in [6.45, 7) is 1.03. The van der Waals surface area contributed by atoms with Crippen LogP contribution in [0.2, 0.25) is 0 Å². The van der Waals surface area contributed by atoms with Gasteiger partial charge in [0, 0.05) is 12.5 Å². The summed E-state index contributed by atoms with van der Waals surface area (Å²) in [6.07, 6.45) is 1.59. The van der Waals surface area contributed by atoms with Crippen LogP contribution in [0.25, 0.3) is 16.8 Å². The van der Waals surface area contributed by atoms with E-state index in [2.05, 4.69) is 0 Å². The van der Waals surface area contributed by atoms with E-state index in [1.807, 2.05) is 24.3 Å². The second-order valence-electron chi connectivity index (χ2n) is 4.59. The van der Waals surface area contributed by atoms with Gasteiger partial charge in [-0.2, -0.15) is 0 Å². The van der Waals surface area contributed by atoms with Crippen LogP contribution in [0.5, 0.6) is 0 Å². The second kappa shape index (κ2) is 4.45. The third-order valence-electron chi connectivity index (χ3n) is 3.29. The van der Waals surface area contributed by atoms with Crippen LogP contribution in [0.1, 0.15) is 12.5 Å². The van der Waals surface area contributed by atoms with Gasteiger partial charge < -0.3 is 4.74 Å². The molecule has 3 rings (SSSR count). The number of sulfone groups is 1. The molecule has 0 amide bonds. The normalized spacial score (nSPS) is 15.8. The molecule has 4 nitrogen and oxygen atoms in total. The highest BCUT2D eigenvalue weighted by molar-refractivity contribution is 7.95. The zero-order valence-electron chi connectivity index (χ0n) is 10.8. The molecule has 0 N–H and O–H groups in total. The molecule has 0 aromatic heterocycles. The number of esters is 1.